The number of benzene rings is 1. The van der Waals surface area contributed by atoms with Gasteiger partial charge in [0.2, 0.25) is 0 Å². The summed E-state index contributed by atoms with van der Waals surface area (Å²) in [6, 6.07) is 6.50. The van der Waals surface area contributed by atoms with Gasteiger partial charge in [0.1, 0.15) is 11.3 Å². The number of hydrogen-bond acceptors (Lipinski definition) is 3. The van der Waals surface area contributed by atoms with Gasteiger partial charge in [0.05, 0.1) is 0 Å². The third-order valence-corrected chi connectivity index (χ3v) is 4.34. The lowest BCUT2D eigenvalue weighted by atomic mass is 9.80. The molecule has 1 heterocycles. The van der Waals surface area contributed by atoms with E-state index in [0.717, 1.165) is 37.7 Å². The Bertz CT molecular complexity index is 550. The van der Waals surface area contributed by atoms with Crippen molar-refractivity contribution in [2.24, 2.45) is 0 Å². The van der Waals surface area contributed by atoms with Crippen LogP contribution >= 0.6 is 0 Å². The van der Waals surface area contributed by atoms with Crippen molar-refractivity contribution >= 4 is 11.9 Å². The molecule has 1 saturated carbocycles. The van der Waals surface area contributed by atoms with Crippen LogP contribution in [0.25, 0.3) is 0 Å². The molecule has 1 aromatic carbocycles. The van der Waals surface area contributed by atoms with Crippen molar-refractivity contribution in [1.82, 2.24) is 10.2 Å². The molecule has 5 nitrogen and oxygen atoms in total. The predicted molar refractivity (Wildman–Crippen MR) is 73.0 cm³/mol. The minimum Gasteiger partial charge on any atom is -0.508 e. The molecular formula is C15H18N2O3. The molecule has 0 aromatic heterocycles. The molecule has 2 N–H and O–H groups in total. The number of carbonyl (C=O) groups excluding carboxylic acids is 2. The van der Waals surface area contributed by atoms with Gasteiger partial charge in [-0.2, -0.15) is 0 Å². The molecule has 1 aliphatic carbocycles. The van der Waals surface area contributed by atoms with Crippen LogP contribution in [-0.4, -0.2) is 27.5 Å². The number of amides is 3. The Balaban J connectivity index is 1.89. The van der Waals surface area contributed by atoms with Gasteiger partial charge in [-0.25, -0.2) is 4.79 Å². The fraction of sp³-hybridized carbons (Fsp3) is 0.467. The van der Waals surface area contributed by atoms with Crippen LogP contribution in [0.1, 0.15) is 37.7 Å². The number of hydrogen-bond donors (Lipinski definition) is 2. The molecule has 0 atom stereocenters. The smallest absolute Gasteiger partial charge is 0.325 e. The first-order valence-corrected chi connectivity index (χ1v) is 7.03. The number of phenols is 1. The monoisotopic (exact) mass is 274 g/mol. The van der Waals surface area contributed by atoms with E-state index in [1.165, 1.54) is 0 Å². The van der Waals surface area contributed by atoms with Crippen LogP contribution in [0.3, 0.4) is 0 Å². The Morgan fingerprint density at radius 3 is 2.65 bits per heavy atom. The highest BCUT2D eigenvalue weighted by Gasteiger charge is 2.52. The standard InChI is InChI=1S/C15H18N2O3/c18-12-6-4-5-11(9-12)10-17-14(20)16-13(19)15(17)7-2-1-3-8-15/h4-6,9,18H,1-3,7-8,10H2,(H,16,19,20). The zero-order chi connectivity index (χ0) is 14.2. The van der Waals surface area contributed by atoms with E-state index in [9.17, 15) is 14.7 Å². The third-order valence-electron chi connectivity index (χ3n) is 4.34. The molecule has 3 amide bonds. The molecule has 0 unspecified atom stereocenters. The summed E-state index contributed by atoms with van der Waals surface area (Å²) in [4.78, 5) is 25.9. The van der Waals surface area contributed by atoms with Crippen molar-refractivity contribution in [2.45, 2.75) is 44.2 Å². The molecule has 0 radical (unpaired) electrons. The van der Waals surface area contributed by atoms with E-state index in [1.54, 1.807) is 23.1 Å². The lowest BCUT2D eigenvalue weighted by Crippen LogP contribution is -2.50. The summed E-state index contributed by atoms with van der Waals surface area (Å²) in [7, 11) is 0. The highest BCUT2D eigenvalue weighted by Crippen LogP contribution is 2.38. The SMILES string of the molecule is O=C1NC(=O)C2(CCCCC2)N1Cc1cccc(O)c1. The van der Waals surface area contributed by atoms with E-state index >= 15 is 0 Å². The maximum atomic E-state index is 12.2. The normalized spacial score (nSPS) is 21.3. The summed E-state index contributed by atoms with van der Waals surface area (Å²) in [5.41, 5.74) is 0.153. The Morgan fingerprint density at radius 1 is 1.20 bits per heavy atom. The first-order chi connectivity index (χ1) is 9.62. The number of nitrogens with one attached hydrogen (secondary N) is 1. The zero-order valence-corrected chi connectivity index (χ0v) is 11.3. The van der Waals surface area contributed by atoms with Crippen molar-refractivity contribution in [2.75, 3.05) is 0 Å². The highest BCUT2D eigenvalue weighted by atomic mass is 16.3. The maximum absolute atomic E-state index is 12.2. The molecule has 1 aliphatic heterocycles. The minimum atomic E-state index is -0.680. The van der Waals surface area contributed by atoms with Gasteiger partial charge in [-0.1, -0.05) is 31.4 Å². The largest absolute Gasteiger partial charge is 0.508 e. The van der Waals surface area contributed by atoms with E-state index < -0.39 is 5.54 Å². The number of nitrogens with zero attached hydrogens (tertiary/aromatic N) is 1. The average molecular weight is 274 g/mol. The van der Waals surface area contributed by atoms with Crippen molar-refractivity contribution in [3.63, 3.8) is 0 Å². The first-order valence-electron chi connectivity index (χ1n) is 7.03. The second-order valence-corrected chi connectivity index (χ2v) is 5.61. The molecule has 1 saturated heterocycles. The van der Waals surface area contributed by atoms with Crippen LogP contribution in [0.4, 0.5) is 4.79 Å². The van der Waals surface area contributed by atoms with Crippen LogP contribution in [0, 0.1) is 0 Å². The van der Waals surface area contributed by atoms with E-state index in [1.807, 2.05) is 6.07 Å². The van der Waals surface area contributed by atoms with Crippen molar-refractivity contribution in [3.05, 3.63) is 29.8 Å². The molecule has 3 rings (SSSR count). The van der Waals surface area contributed by atoms with Gasteiger partial charge in [0.15, 0.2) is 0 Å². The summed E-state index contributed by atoms with van der Waals surface area (Å²) >= 11 is 0. The summed E-state index contributed by atoms with van der Waals surface area (Å²) in [6.07, 6.45) is 4.50. The first kappa shape index (κ1) is 13.0. The van der Waals surface area contributed by atoms with Crippen molar-refractivity contribution in [3.8, 4) is 5.75 Å². The highest BCUT2D eigenvalue weighted by molar-refractivity contribution is 6.07. The van der Waals surface area contributed by atoms with Crippen LogP contribution in [0.15, 0.2) is 24.3 Å². The maximum Gasteiger partial charge on any atom is 0.325 e. The number of carbonyl (C=O) groups is 2. The molecule has 0 bridgehead atoms. The molecule has 20 heavy (non-hydrogen) atoms. The fourth-order valence-electron chi connectivity index (χ4n) is 3.29. The van der Waals surface area contributed by atoms with Gasteiger partial charge in [-0.15, -0.1) is 0 Å². The van der Waals surface area contributed by atoms with E-state index in [4.69, 9.17) is 0 Å². The lowest BCUT2D eigenvalue weighted by molar-refractivity contribution is -0.128. The second-order valence-electron chi connectivity index (χ2n) is 5.61. The van der Waals surface area contributed by atoms with Crippen LogP contribution in [0.2, 0.25) is 0 Å². The number of urea groups is 1. The quantitative estimate of drug-likeness (QED) is 0.812. The summed E-state index contributed by atoms with van der Waals surface area (Å²) < 4.78 is 0. The van der Waals surface area contributed by atoms with Crippen LogP contribution in [-0.2, 0) is 11.3 Å². The molecule has 2 aliphatic rings. The van der Waals surface area contributed by atoms with Crippen molar-refractivity contribution in [1.29, 1.82) is 0 Å². The Hall–Kier alpha value is -2.04. The topological polar surface area (TPSA) is 69.6 Å². The molecule has 106 valence electrons. The van der Waals surface area contributed by atoms with E-state index in [2.05, 4.69) is 5.32 Å². The van der Waals surface area contributed by atoms with Gasteiger partial charge < -0.3 is 10.0 Å². The summed E-state index contributed by atoms with van der Waals surface area (Å²) in [5.74, 6) is 0.00785. The Kier molecular flexibility index (Phi) is 3.12. The van der Waals surface area contributed by atoms with Gasteiger partial charge in [0, 0.05) is 6.54 Å². The number of rotatable bonds is 2. The zero-order valence-electron chi connectivity index (χ0n) is 11.3. The van der Waals surface area contributed by atoms with Gasteiger partial charge in [-0.05, 0) is 30.5 Å². The number of imide groups is 1. The van der Waals surface area contributed by atoms with Crippen LogP contribution < -0.4 is 5.32 Å². The predicted octanol–water partition coefficient (Wildman–Crippen LogP) is 2.15. The van der Waals surface area contributed by atoms with E-state index in [-0.39, 0.29) is 17.7 Å². The molecule has 5 heteroatoms. The summed E-state index contributed by atoms with van der Waals surface area (Å²) in [6.45, 7) is 0.353. The van der Waals surface area contributed by atoms with Gasteiger partial charge >= 0.3 is 6.03 Å². The van der Waals surface area contributed by atoms with Crippen LogP contribution in [0.5, 0.6) is 5.75 Å². The van der Waals surface area contributed by atoms with Crippen molar-refractivity contribution < 1.29 is 14.7 Å². The van der Waals surface area contributed by atoms with E-state index in [0.29, 0.717) is 6.54 Å². The third kappa shape index (κ3) is 2.03. The van der Waals surface area contributed by atoms with Gasteiger partial charge in [-0.3, -0.25) is 10.1 Å². The minimum absolute atomic E-state index is 0.164. The average Bonchev–Trinajstić information content (AvgIpc) is 2.65. The Morgan fingerprint density at radius 2 is 1.95 bits per heavy atom. The number of aromatic hydroxyl groups is 1. The number of phenolic OH excluding ortho intramolecular Hbond substituents is 1. The van der Waals surface area contributed by atoms with Gasteiger partial charge in [0.25, 0.3) is 5.91 Å². The second kappa shape index (κ2) is 4.81. The fourth-order valence-corrected chi connectivity index (χ4v) is 3.29. The molecule has 2 fully saturated rings. The molecule has 1 aromatic rings. The molecular weight excluding hydrogens is 256 g/mol. The Labute approximate surface area is 117 Å². The summed E-state index contributed by atoms with van der Waals surface area (Å²) in [5, 5.41) is 12.0. The molecule has 1 spiro atoms. The lowest BCUT2D eigenvalue weighted by Gasteiger charge is -2.38.